The van der Waals surface area contributed by atoms with Crippen LogP contribution in [0.2, 0.25) is 0 Å². The first-order chi connectivity index (χ1) is 7.56. The fourth-order valence-electron chi connectivity index (χ4n) is 2.05. The molecular weight excluding hydrogens is 208 g/mol. The van der Waals surface area contributed by atoms with Gasteiger partial charge >= 0.3 is 5.97 Å². The molecule has 4 heteroatoms. The van der Waals surface area contributed by atoms with Crippen LogP contribution in [0.25, 0.3) is 0 Å². The monoisotopic (exact) mass is 224 g/mol. The Balaban J connectivity index is 2.71. The fraction of sp³-hybridized carbons (Fsp3) is 0.583. The number of carboxylic acid groups (broad SMARTS) is 1. The lowest BCUT2D eigenvalue weighted by atomic mass is 9.82. The summed E-state index contributed by atoms with van der Waals surface area (Å²) in [5.74, 6) is -2.54. The topological polar surface area (TPSA) is 71.4 Å². The van der Waals surface area contributed by atoms with Gasteiger partial charge in [0.2, 0.25) is 0 Å². The summed E-state index contributed by atoms with van der Waals surface area (Å²) in [4.78, 5) is 33.6. The molecule has 1 aliphatic carbocycles. The van der Waals surface area contributed by atoms with Gasteiger partial charge in [-0.15, -0.1) is 0 Å². The van der Waals surface area contributed by atoms with Crippen molar-refractivity contribution in [2.45, 2.75) is 32.6 Å². The van der Waals surface area contributed by atoms with Gasteiger partial charge in [0, 0.05) is 6.42 Å². The molecule has 4 nitrogen and oxygen atoms in total. The lowest BCUT2D eigenvalue weighted by molar-refractivity contribution is -0.139. The second kappa shape index (κ2) is 5.58. The van der Waals surface area contributed by atoms with E-state index in [0.717, 1.165) is 12.8 Å². The highest BCUT2D eigenvalue weighted by molar-refractivity contribution is 6.19. The molecule has 1 unspecified atom stereocenters. The van der Waals surface area contributed by atoms with E-state index in [1.54, 1.807) is 0 Å². The Morgan fingerprint density at radius 3 is 2.38 bits per heavy atom. The maximum Gasteiger partial charge on any atom is 0.303 e. The minimum atomic E-state index is -0.950. The molecule has 0 aliphatic heterocycles. The van der Waals surface area contributed by atoms with Gasteiger partial charge in [0.15, 0.2) is 11.6 Å². The smallest absolute Gasteiger partial charge is 0.303 e. The van der Waals surface area contributed by atoms with E-state index < -0.39 is 11.9 Å². The minimum Gasteiger partial charge on any atom is -0.481 e. The van der Waals surface area contributed by atoms with E-state index in [0.29, 0.717) is 6.42 Å². The molecule has 0 fully saturated rings. The molecule has 0 aromatic rings. The number of rotatable bonds is 6. The molecule has 0 saturated carbocycles. The first kappa shape index (κ1) is 12.6. The van der Waals surface area contributed by atoms with E-state index in [9.17, 15) is 14.4 Å². The van der Waals surface area contributed by atoms with Crippen molar-refractivity contribution in [2.75, 3.05) is 0 Å². The predicted octanol–water partition coefficient (Wildman–Crippen LogP) is 1.59. The third-order valence-electron chi connectivity index (χ3n) is 2.86. The Morgan fingerprint density at radius 1 is 1.38 bits per heavy atom. The number of carbonyl (C=O) groups is 3. The molecule has 0 radical (unpaired) electrons. The van der Waals surface area contributed by atoms with Crippen molar-refractivity contribution in [3.63, 3.8) is 0 Å². The van der Waals surface area contributed by atoms with Crippen LogP contribution in [0.1, 0.15) is 32.6 Å². The molecule has 1 N–H and O–H groups in total. The van der Waals surface area contributed by atoms with Crippen molar-refractivity contribution in [3.05, 3.63) is 12.2 Å². The van der Waals surface area contributed by atoms with E-state index in [2.05, 4.69) is 0 Å². The van der Waals surface area contributed by atoms with Crippen molar-refractivity contribution in [1.82, 2.24) is 0 Å². The third kappa shape index (κ3) is 3.02. The average Bonchev–Trinajstić information content (AvgIpc) is 2.53. The maximum absolute atomic E-state index is 11.5. The normalized spacial score (nSPS) is 18.1. The molecule has 0 saturated heterocycles. The zero-order valence-corrected chi connectivity index (χ0v) is 9.31. The van der Waals surface area contributed by atoms with Crippen molar-refractivity contribution in [2.24, 2.45) is 11.8 Å². The number of hydrogen-bond donors (Lipinski definition) is 1. The molecule has 0 bridgehead atoms. The summed E-state index contributed by atoms with van der Waals surface area (Å²) in [5, 5.41) is 8.77. The summed E-state index contributed by atoms with van der Waals surface area (Å²) >= 11 is 0. The highest BCUT2D eigenvalue weighted by Crippen LogP contribution is 2.28. The predicted molar refractivity (Wildman–Crippen MR) is 57.9 cm³/mol. The molecule has 1 atom stereocenters. The standard InChI is InChI=1S/C12H16O4/c1-2-3-4-8(7-11(15)16)12-9(13)5-6-10(12)14/h5-6,8,12H,2-4,7H2,1H3,(H,15,16). The van der Waals surface area contributed by atoms with Gasteiger partial charge < -0.3 is 5.11 Å². The summed E-state index contributed by atoms with van der Waals surface area (Å²) in [6.45, 7) is 1.99. The Labute approximate surface area is 94.3 Å². The van der Waals surface area contributed by atoms with Gasteiger partial charge in [-0.3, -0.25) is 14.4 Å². The van der Waals surface area contributed by atoms with Gasteiger partial charge in [0.25, 0.3) is 0 Å². The second-order valence-electron chi connectivity index (χ2n) is 4.12. The third-order valence-corrected chi connectivity index (χ3v) is 2.86. The SMILES string of the molecule is CCCCC(CC(=O)O)C1C(=O)C=CC1=O. The Morgan fingerprint density at radius 2 is 1.94 bits per heavy atom. The van der Waals surface area contributed by atoms with Crippen molar-refractivity contribution >= 4 is 17.5 Å². The van der Waals surface area contributed by atoms with Crippen molar-refractivity contribution in [3.8, 4) is 0 Å². The zero-order valence-electron chi connectivity index (χ0n) is 9.31. The van der Waals surface area contributed by atoms with Gasteiger partial charge in [-0.25, -0.2) is 0 Å². The molecule has 1 aliphatic rings. The number of carbonyl (C=O) groups excluding carboxylic acids is 2. The number of hydrogen-bond acceptors (Lipinski definition) is 3. The van der Waals surface area contributed by atoms with Crippen LogP contribution >= 0.6 is 0 Å². The van der Waals surface area contributed by atoms with Gasteiger partial charge in [0.1, 0.15) is 0 Å². The van der Waals surface area contributed by atoms with E-state index in [4.69, 9.17) is 5.11 Å². The van der Waals surface area contributed by atoms with E-state index in [1.807, 2.05) is 6.92 Å². The molecule has 0 amide bonds. The first-order valence-electron chi connectivity index (χ1n) is 5.53. The van der Waals surface area contributed by atoms with Crippen LogP contribution in [0, 0.1) is 11.8 Å². The van der Waals surface area contributed by atoms with Crippen LogP contribution in [0.3, 0.4) is 0 Å². The average molecular weight is 224 g/mol. The van der Waals surface area contributed by atoms with Gasteiger partial charge in [-0.1, -0.05) is 19.8 Å². The number of allylic oxidation sites excluding steroid dienone is 2. The van der Waals surface area contributed by atoms with Crippen LogP contribution in [-0.2, 0) is 14.4 Å². The Bertz CT molecular complexity index is 312. The molecule has 88 valence electrons. The van der Waals surface area contributed by atoms with Crippen LogP contribution in [0.4, 0.5) is 0 Å². The quantitative estimate of drug-likeness (QED) is 0.695. The molecule has 0 aromatic carbocycles. The molecule has 0 spiro atoms. The molecule has 16 heavy (non-hydrogen) atoms. The van der Waals surface area contributed by atoms with E-state index in [1.165, 1.54) is 12.2 Å². The van der Waals surface area contributed by atoms with Crippen LogP contribution < -0.4 is 0 Å². The molecule has 0 heterocycles. The number of ketones is 2. The van der Waals surface area contributed by atoms with Crippen LogP contribution in [-0.4, -0.2) is 22.6 Å². The number of unbranched alkanes of at least 4 members (excludes halogenated alkanes) is 1. The maximum atomic E-state index is 11.5. The highest BCUT2D eigenvalue weighted by atomic mass is 16.4. The van der Waals surface area contributed by atoms with Crippen LogP contribution in [0.5, 0.6) is 0 Å². The van der Waals surface area contributed by atoms with Crippen molar-refractivity contribution in [1.29, 1.82) is 0 Å². The first-order valence-corrected chi connectivity index (χ1v) is 5.53. The summed E-state index contributed by atoms with van der Waals surface area (Å²) in [6.07, 6.45) is 4.80. The van der Waals surface area contributed by atoms with Crippen LogP contribution in [0.15, 0.2) is 12.2 Å². The second-order valence-corrected chi connectivity index (χ2v) is 4.12. The summed E-state index contributed by atoms with van der Waals surface area (Å²) in [5.41, 5.74) is 0. The highest BCUT2D eigenvalue weighted by Gasteiger charge is 2.36. The van der Waals surface area contributed by atoms with E-state index >= 15 is 0 Å². The largest absolute Gasteiger partial charge is 0.481 e. The molecule has 0 aromatic heterocycles. The summed E-state index contributed by atoms with van der Waals surface area (Å²) in [6, 6.07) is 0. The summed E-state index contributed by atoms with van der Waals surface area (Å²) < 4.78 is 0. The Hall–Kier alpha value is -1.45. The molecule has 1 rings (SSSR count). The summed E-state index contributed by atoms with van der Waals surface area (Å²) in [7, 11) is 0. The number of carboxylic acids is 1. The number of aliphatic carboxylic acids is 1. The van der Waals surface area contributed by atoms with E-state index in [-0.39, 0.29) is 23.9 Å². The lowest BCUT2D eigenvalue weighted by Crippen LogP contribution is -2.27. The fourth-order valence-corrected chi connectivity index (χ4v) is 2.05. The molecular formula is C12H16O4. The van der Waals surface area contributed by atoms with Gasteiger partial charge in [-0.2, -0.15) is 0 Å². The lowest BCUT2D eigenvalue weighted by Gasteiger charge is -2.19. The minimum absolute atomic E-state index is 0.107. The zero-order chi connectivity index (χ0) is 12.1. The van der Waals surface area contributed by atoms with Gasteiger partial charge in [-0.05, 0) is 24.5 Å². The van der Waals surface area contributed by atoms with Crippen molar-refractivity contribution < 1.29 is 19.5 Å². The van der Waals surface area contributed by atoms with Gasteiger partial charge in [0.05, 0.1) is 5.92 Å². The Kier molecular flexibility index (Phi) is 4.40.